The summed E-state index contributed by atoms with van der Waals surface area (Å²) in [6.07, 6.45) is 2.20. The van der Waals surface area contributed by atoms with Gasteiger partial charge in [0.15, 0.2) is 6.61 Å². The van der Waals surface area contributed by atoms with Gasteiger partial charge in [0.1, 0.15) is 5.54 Å². The molecule has 1 saturated carbocycles. The number of benzene rings is 2. The average Bonchev–Trinajstić information content (AvgIpc) is 3.29. The highest BCUT2D eigenvalue weighted by Crippen LogP contribution is 2.45. The molecule has 0 radical (unpaired) electrons. The summed E-state index contributed by atoms with van der Waals surface area (Å²) in [6, 6.07) is 13.2. The van der Waals surface area contributed by atoms with E-state index in [0.29, 0.717) is 29.9 Å². The van der Waals surface area contributed by atoms with E-state index in [4.69, 9.17) is 9.47 Å². The number of esters is 1. The molecule has 0 unspecified atom stereocenters. The molecule has 4 rings (SSSR count). The zero-order chi connectivity index (χ0) is 23.4. The Labute approximate surface area is 191 Å². The first-order chi connectivity index (χ1) is 15.9. The van der Waals surface area contributed by atoms with E-state index in [-0.39, 0.29) is 18.1 Å². The second-order valence-electron chi connectivity index (χ2n) is 7.94. The molecule has 0 saturated heterocycles. The van der Waals surface area contributed by atoms with Crippen molar-refractivity contribution in [2.24, 2.45) is 0 Å². The fourth-order valence-corrected chi connectivity index (χ4v) is 4.38. The van der Waals surface area contributed by atoms with E-state index in [0.717, 1.165) is 12.8 Å². The van der Waals surface area contributed by atoms with Crippen molar-refractivity contribution in [2.75, 3.05) is 28.7 Å². The smallest absolute Gasteiger partial charge is 0.411 e. The van der Waals surface area contributed by atoms with E-state index in [1.165, 1.54) is 29.2 Å². The van der Waals surface area contributed by atoms with Gasteiger partial charge in [0, 0.05) is 5.69 Å². The number of hydrogen-bond acceptors (Lipinski definition) is 6. The number of ether oxygens (including phenoxy) is 2. The van der Waals surface area contributed by atoms with Crippen molar-refractivity contribution >= 4 is 40.9 Å². The number of nitrogens with one attached hydrogen (secondary N) is 2. The molecule has 2 aromatic rings. The van der Waals surface area contributed by atoms with Crippen molar-refractivity contribution in [2.45, 2.75) is 38.1 Å². The first-order valence-electron chi connectivity index (χ1n) is 10.9. The lowest BCUT2D eigenvalue weighted by Gasteiger charge is -2.44. The largest absolute Gasteiger partial charge is 0.452 e. The van der Waals surface area contributed by atoms with Crippen molar-refractivity contribution < 1.29 is 28.7 Å². The Hall–Kier alpha value is -3.88. The van der Waals surface area contributed by atoms with Crippen LogP contribution < -0.4 is 15.5 Å². The number of nitrogens with zero attached hydrogens (tertiary/aromatic N) is 1. The van der Waals surface area contributed by atoms with Gasteiger partial charge in [-0.3, -0.25) is 19.8 Å². The maximum atomic E-state index is 13.2. The van der Waals surface area contributed by atoms with Crippen molar-refractivity contribution in [1.82, 2.24) is 0 Å². The van der Waals surface area contributed by atoms with Gasteiger partial charge in [-0.2, -0.15) is 0 Å². The highest BCUT2D eigenvalue weighted by Gasteiger charge is 2.52. The minimum absolute atomic E-state index is 0.205. The monoisotopic (exact) mass is 451 g/mol. The summed E-state index contributed by atoms with van der Waals surface area (Å²) >= 11 is 0. The zero-order valence-corrected chi connectivity index (χ0v) is 18.3. The number of carbonyl (C=O) groups is 4. The van der Waals surface area contributed by atoms with E-state index in [9.17, 15) is 19.2 Å². The third kappa shape index (κ3) is 4.39. The third-order valence-electron chi connectivity index (χ3n) is 5.89. The van der Waals surface area contributed by atoms with Crippen LogP contribution in [0, 0.1) is 0 Å². The lowest BCUT2D eigenvalue weighted by atomic mass is 9.90. The fourth-order valence-electron chi connectivity index (χ4n) is 4.38. The Balaban J connectivity index is 1.46. The Morgan fingerprint density at radius 2 is 1.73 bits per heavy atom. The van der Waals surface area contributed by atoms with Crippen LogP contribution in [0.4, 0.5) is 21.9 Å². The van der Waals surface area contributed by atoms with Crippen LogP contribution in [0.25, 0.3) is 0 Å². The van der Waals surface area contributed by atoms with E-state index in [1.807, 2.05) is 0 Å². The summed E-state index contributed by atoms with van der Waals surface area (Å²) in [5.74, 6) is -1.34. The van der Waals surface area contributed by atoms with Crippen molar-refractivity contribution in [3.05, 3.63) is 54.1 Å². The van der Waals surface area contributed by atoms with Crippen molar-refractivity contribution in [3.63, 3.8) is 0 Å². The number of para-hydroxylation sites is 2. The first kappa shape index (κ1) is 22.3. The SMILES string of the molecule is CCOC(=O)Nc1ccc(C(=O)OCC(=O)N2c3ccccc3NC(=O)C23CCCC3)cc1. The number of carbonyl (C=O) groups excluding carboxylic acids is 4. The molecule has 0 atom stereocenters. The lowest BCUT2D eigenvalue weighted by Crippen LogP contribution is -2.61. The van der Waals surface area contributed by atoms with Crippen LogP contribution in [0.15, 0.2) is 48.5 Å². The molecule has 1 aliphatic heterocycles. The number of fused-ring (bicyclic) bond motifs is 1. The van der Waals surface area contributed by atoms with E-state index >= 15 is 0 Å². The van der Waals surface area contributed by atoms with Gasteiger partial charge in [0.05, 0.1) is 23.5 Å². The van der Waals surface area contributed by atoms with Crippen molar-refractivity contribution in [1.29, 1.82) is 0 Å². The number of anilines is 3. The van der Waals surface area contributed by atoms with Crippen LogP contribution in [0.2, 0.25) is 0 Å². The van der Waals surface area contributed by atoms with E-state index in [1.54, 1.807) is 31.2 Å². The minimum Gasteiger partial charge on any atom is -0.452 e. The summed E-state index contributed by atoms with van der Waals surface area (Å²) in [5.41, 5.74) is 0.890. The molecule has 33 heavy (non-hydrogen) atoms. The second kappa shape index (κ2) is 9.32. The summed E-state index contributed by atoms with van der Waals surface area (Å²) in [5, 5.41) is 5.45. The molecule has 2 aliphatic rings. The second-order valence-corrected chi connectivity index (χ2v) is 7.94. The predicted octanol–water partition coefficient (Wildman–Crippen LogP) is 3.71. The maximum Gasteiger partial charge on any atom is 0.411 e. The summed E-state index contributed by atoms with van der Waals surface area (Å²) < 4.78 is 10.1. The van der Waals surface area contributed by atoms with E-state index < -0.39 is 30.1 Å². The van der Waals surface area contributed by atoms with Crippen LogP contribution in [-0.4, -0.2) is 42.6 Å². The summed E-state index contributed by atoms with van der Waals surface area (Å²) in [6.45, 7) is 1.45. The number of rotatable bonds is 5. The van der Waals surface area contributed by atoms with Crippen LogP contribution in [0.5, 0.6) is 0 Å². The van der Waals surface area contributed by atoms with Crippen molar-refractivity contribution in [3.8, 4) is 0 Å². The van der Waals surface area contributed by atoms with Crippen LogP contribution in [0.1, 0.15) is 43.0 Å². The van der Waals surface area contributed by atoms with Gasteiger partial charge >= 0.3 is 12.1 Å². The molecule has 2 aromatic carbocycles. The normalized spacial score (nSPS) is 16.0. The molecule has 2 N–H and O–H groups in total. The Morgan fingerprint density at radius 3 is 2.42 bits per heavy atom. The van der Waals surface area contributed by atoms with Gasteiger partial charge in [-0.25, -0.2) is 9.59 Å². The quantitative estimate of drug-likeness (QED) is 0.670. The molecule has 1 spiro atoms. The molecule has 0 aromatic heterocycles. The summed E-state index contributed by atoms with van der Waals surface area (Å²) in [7, 11) is 0. The molecule has 9 nitrogen and oxygen atoms in total. The van der Waals surface area contributed by atoms with Crippen LogP contribution in [0.3, 0.4) is 0 Å². The van der Waals surface area contributed by atoms with Crippen LogP contribution in [-0.2, 0) is 19.1 Å². The van der Waals surface area contributed by atoms with Gasteiger partial charge < -0.3 is 14.8 Å². The molecule has 172 valence electrons. The number of amides is 3. The van der Waals surface area contributed by atoms with Gasteiger partial charge in [0.25, 0.3) is 11.8 Å². The Bertz CT molecular complexity index is 1080. The molecule has 1 heterocycles. The minimum atomic E-state index is -0.960. The maximum absolute atomic E-state index is 13.2. The Morgan fingerprint density at radius 1 is 1.03 bits per heavy atom. The molecule has 1 fully saturated rings. The molecule has 1 aliphatic carbocycles. The highest BCUT2D eigenvalue weighted by atomic mass is 16.5. The molecular formula is C24H25N3O6. The molecule has 3 amide bonds. The standard InChI is InChI=1S/C24H25N3O6/c1-2-32-23(31)25-17-11-9-16(10-12-17)21(29)33-15-20(28)27-19-8-4-3-7-18(19)26-22(30)24(27)13-5-6-14-24/h3-4,7-12H,2,5-6,13-15H2,1H3,(H,25,31)(H,26,30). The lowest BCUT2D eigenvalue weighted by molar-refractivity contribution is -0.129. The molecule has 0 bridgehead atoms. The van der Waals surface area contributed by atoms with Gasteiger partial charge in [-0.05, 0) is 56.2 Å². The summed E-state index contributed by atoms with van der Waals surface area (Å²) in [4.78, 5) is 51.7. The van der Waals surface area contributed by atoms with Gasteiger partial charge in [-0.1, -0.05) is 25.0 Å². The van der Waals surface area contributed by atoms with Crippen LogP contribution >= 0.6 is 0 Å². The fraction of sp³-hybridized carbons (Fsp3) is 0.333. The average molecular weight is 451 g/mol. The van der Waals surface area contributed by atoms with Gasteiger partial charge in [-0.15, -0.1) is 0 Å². The number of hydrogen-bond donors (Lipinski definition) is 2. The predicted molar refractivity (Wildman–Crippen MR) is 121 cm³/mol. The Kier molecular flexibility index (Phi) is 6.30. The molecular weight excluding hydrogens is 426 g/mol. The third-order valence-corrected chi connectivity index (χ3v) is 5.89. The van der Waals surface area contributed by atoms with E-state index in [2.05, 4.69) is 10.6 Å². The highest BCUT2D eigenvalue weighted by molar-refractivity contribution is 6.15. The molecule has 9 heteroatoms. The topological polar surface area (TPSA) is 114 Å². The first-order valence-corrected chi connectivity index (χ1v) is 10.9. The zero-order valence-electron chi connectivity index (χ0n) is 18.3. The van der Waals surface area contributed by atoms with Gasteiger partial charge in [0.2, 0.25) is 0 Å².